The van der Waals surface area contributed by atoms with Gasteiger partial charge in [0.15, 0.2) is 0 Å². The molecule has 5 unspecified atom stereocenters. The molecule has 0 amide bonds. The molecule has 1 N–H and O–H groups in total. The van der Waals surface area contributed by atoms with Gasteiger partial charge in [-0.05, 0) is 37.0 Å². The van der Waals surface area contributed by atoms with Gasteiger partial charge in [0.1, 0.15) is 0 Å². The monoisotopic (exact) mass is 293 g/mol. The highest BCUT2D eigenvalue weighted by Gasteiger charge is 2.58. The van der Waals surface area contributed by atoms with Crippen molar-refractivity contribution in [3.63, 3.8) is 0 Å². The molecule has 0 aromatic rings. The van der Waals surface area contributed by atoms with E-state index in [1.165, 1.54) is 38.5 Å². The summed E-state index contributed by atoms with van der Waals surface area (Å²) in [6, 6.07) is 1.38. The normalized spacial score (nSPS) is 43.0. The zero-order valence-electron chi connectivity index (χ0n) is 14.7. The molecule has 3 fully saturated rings. The number of fused-ring (bicyclic) bond motifs is 1. The maximum absolute atomic E-state index is 6.07. The molecule has 2 saturated carbocycles. The number of hydrogen-bond acceptors (Lipinski definition) is 2. The van der Waals surface area contributed by atoms with E-state index in [-0.39, 0.29) is 0 Å². The van der Waals surface area contributed by atoms with Crippen molar-refractivity contribution in [1.29, 1.82) is 0 Å². The molecule has 2 nitrogen and oxygen atoms in total. The molecule has 0 bridgehead atoms. The second kappa shape index (κ2) is 5.53. The summed E-state index contributed by atoms with van der Waals surface area (Å²) in [7, 11) is 0. The summed E-state index contributed by atoms with van der Waals surface area (Å²) in [5.41, 5.74) is 0.736. The van der Waals surface area contributed by atoms with Gasteiger partial charge in [0, 0.05) is 30.0 Å². The first-order valence-corrected chi connectivity index (χ1v) is 9.19. The minimum absolute atomic E-state index is 0.310. The third-order valence-electron chi connectivity index (χ3n) is 6.60. The van der Waals surface area contributed by atoms with Crippen LogP contribution in [-0.4, -0.2) is 24.8 Å². The van der Waals surface area contributed by atoms with Gasteiger partial charge in [-0.3, -0.25) is 0 Å². The Kier molecular flexibility index (Phi) is 4.16. The molecule has 1 aliphatic heterocycles. The Morgan fingerprint density at radius 3 is 2.43 bits per heavy atom. The van der Waals surface area contributed by atoms with Gasteiger partial charge in [0.25, 0.3) is 0 Å². The van der Waals surface area contributed by atoms with Crippen LogP contribution in [0.2, 0.25) is 0 Å². The first kappa shape index (κ1) is 15.8. The number of hydrogen-bond donors (Lipinski definition) is 1. The number of ether oxygens (including phenoxy) is 1. The molecule has 5 atom stereocenters. The van der Waals surface area contributed by atoms with Gasteiger partial charge in [0.05, 0.1) is 6.10 Å². The third-order valence-corrected chi connectivity index (χ3v) is 6.60. The predicted molar refractivity (Wildman–Crippen MR) is 88.4 cm³/mol. The van der Waals surface area contributed by atoms with E-state index in [2.05, 4.69) is 39.9 Å². The fraction of sp³-hybridized carbons (Fsp3) is 1.00. The number of nitrogens with one attached hydrogen (secondary N) is 1. The first-order chi connectivity index (χ1) is 9.82. The van der Waals surface area contributed by atoms with Crippen molar-refractivity contribution in [3.05, 3.63) is 0 Å². The van der Waals surface area contributed by atoms with Crippen LogP contribution in [0.1, 0.15) is 73.1 Å². The maximum atomic E-state index is 6.07. The van der Waals surface area contributed by atoms with Crippen molar-refractivity contribution in [2.75, 3.05) is 6.61 Å². The van der Waals surface area contributed by atoms with Crippen LogP contribution in [0.25, 0.3) is 0 Å². The van der Waals surface area contributed by atoms with E-state index in [1.54, 1.807) is 0 Å². The molecule has 21 heavy (non-hydrogen) atoms. The molecule has 0 aromatic carbocycles. The average Bonchev–Trinajstić information content (AvgIpc) is 2.44. The third kappa shape index (κ3) is 2.79. The summed E-state index contributed by atoms with van der Waals surface area (Å²) in [4.78, 5) is 0. The van der Waals surface area contributed by atoms with E-state index in [9.17, 15) is 0 Å². The van der Waals surface area contributed by atoms with Crippen molar-refractivity contribution in [1.82, 2.24) is 5.32 Å². The Bertz CT molecular complexity index is 370. The summed E-state index contributed by atoms with van der Waals surface area (Å²) in [6.45, 7) is 13.1. The van der Waals surface area contributed by atoms with E-state index in [1.807, 2.05) is 0 Å². The molecule has 122 valence electrons. The van der Waals surface area contributed by atoms with Gasteiger partial charge in [-0.2, -0.15) is 0 Å². The summed E-state index contributed by atoms with van der Waals surface area (Å²) in [5, 5.41) is 4.12. The van der Waals surface area contributed by atoms with E-state index in [0.717, 1.165) is 18.4 Å². The van der Waals surface area contributed by atoms with Gasteiger partial charge in [-0.1, -0.05) is 47.5 Å². The van der Waals surface area contributed by atoms with Crippen LogP contribution < -0.4 is 5.32 Å². The Hall–Kier alpha value is -0.0800. The fourth-order valence-electron chi connectivity index (χ4n) is 5.46. The van der Waals surface area contributed by atoms with Crippen LogP contribution in [0.5, 0.6) is 0 Å². The van der Waals surface area contributed by atoms with Gasteiger partial charge in [-0.25, -0.2) is 0 Å². The van der Waals surface area contributed by atoms with E-state index >= 15 is 0 Å². The maximum Gasteiger partial charge on any atom is 0.0684 e. The zero-order valence-corrected chi connectivity index (χ0v) is 14.7. The highest BCUT2D eigenvalue weighted by atomic mass is 16.5. The zero-order chi connectivity index (χ0) is 15.3. The fourth-order valence-corrected chi connectivity index (χ4v) is 5.46. The lowest BCUT2D eigenvalue weighted by Gasteiger charge is -2.61. The standard InChI is InChI=1S/C19H35NO/c1-18(2,3)14-10-6-7-11-15(14)20-16-13-9-8-12-21-17(13)19(16,4)5/h13-17,20H,6-12H2,1-5H3. The summed E-state index contributed by atoms with van der Waals surface area (Å²) < 4.78 is 6.07. The molecular weight excluding hydrogens is 258 g/mol. The molecule has 0 aromatic heterocycles. The van der Waals surface area contributed by atoms with Crippen LogP contribution >= 0.6 is 0 Å². The molecule has 3 aliphatic rings. The highest BCUT2D eigenvalue weighted by Crippen LogP contribution is 2.52. The van der Waals surface area contributed by atoms with Crippen molar-refractivity contribution >= 4 is 0 Å². The van der Waals surface area contributed by atoms with Crippen LogP contribution in [0.15, 0.2) is 0 Å². The molecule has 1 heterocycles. The molecule has 0 spiro atoms. The molecule has 3 rings (SSSR count). The van der Waals surface area contributed by atoms with E-state index in [0.29, 0.717) is 29.0 Å². The lowest BCUT2D eigenvalue weighted by Crippen LogP contribution is -2.71. The van der Waals surface area contributed by atoms with Crippen molar-refractivity contribution < 1.29 is 4.74 Å². The lowest BCUT2D eigenvalue weighted by molar-refractivity contribution is -0.196. The van der Waals surface area contributed by atoms with Gasteiger partial charge >= 0.3 is 0 Å². The second-order valence-electron chi connectivity index (χ2n) is 9.43. The predicted octanol–water partition coefficient (Wildman–Crippen LogP) is 4.38. The average molecular weight is 293 g/mol. The van der Waals surface area contributed by atoms with Crippen LogP contribution in [0, 0.1) is 22.7 Å². The van der Waals surface area contributed by atoms with Crippen molar-refractivity contribution in [3.8, 4) is 0 Å². The van der Waals surface area contributed by atoms with Crippen LogP contribution in [0.3, 0.4) is 0 Å². The second-order valence-corrected chi connectivity index (χ2v) is 9.43. The van der Waals surface area contributed by atoms with Gasteiger partial charge in [0.2, 0.25) is 0 Å². The molecular formula is C19H35NO. The summed E-state index contributed by atoms with van der Waals surface area (Å²) in [5.74, 6) is 1.59. The van der Waals surface area contributed by atoms with Crippen LogP contribution in [-0.2, 0) is 4.74 Å². The minimum Gasteiger partial charge on any atom is -0.377 e. The smallest absolute Gasteiger partial charge is 0.0684 e. The van der Waals surface area contributed by atoms with Crippen LogP contribution in [0.4, 0.5) is 0 Å². The number of rotatable bonds is 2. The molecule has 0 radical (unpaired) electrons. The Morgan fingerprint density at radius 1 is 1.00 bits per heavy atom. The van der Waals surface area contributed by atoms with Crippen molar-refractivity contribution in [2.45, 2.75) is 91.3 Å². The molecule has 2 heteroatoms. The minimum atomic E-state index is 0.310. The van der Waals surface area contributed by atoms with E-state index < -0.39 is 0 Å². The SMILES string of the molecule is CC(C)(C)C1CCCCC1NC1C2CCCOC2C1(C)C. The Morgan fingerprint density at radius 2 is 1.71 bits per heavy atom. The lowest BCUT2D eigenvalue weighted by atomic mass is 9.54. The largest absolute Gasteiger partial charge is 0.377 e. The van der Waals surface area contributed by atoms with Crippen molar-refractivity contribution in [2.24, 2.45) is 22.7 Å². The molecule has 2 aliphatic carbocycles. The Balaban J connectivity index is 1.70. The topological polar surface area (TPSA) is 21.3 Å². The molecule has 1 saturated heterocycles. The van der Waals surface area contributed by atoms with Gasteiger partial charge < -0.3 is 10.1 Å². The first-order valence-electron chi connectivity index (χ1n) is 9.19. The van der Waals surface area contributed by atoms with Gasteiger partial charge in [-0.15, -0.1) is 0 Å². The van der Waals surface area contributed by atoms with E-state index in [4.69, 9.17) is 4.74 Å². The quantitative estimate of drug-likeness (QED) is 0.815. The highest BCUT2D eigenvalue weighted by molar-refractivity contribution is 5.11. The summed E-state index contributed by atoms with van der Waals surface area (Å²) in [6.07, 6.45) is 8.71. The summed E-state index contributed by atoms with van der Waals surface area (Å²) >= 11 is 0. The Labute approximate surface area is 131 Å².